The van der Waals surface area contributed by atoms with Crippen LogP contribution >= 0.6 is 0 Å². The number of hydrogen-bond donors (Lipinski definition) is 0. The molecule has 3 aromatic rings. The van der Waals surface area contributed by atoms with Crippen molar-refractivity contribution in [2.75, 3.05) is 0 Å². The molecule has 3 rings (SSSR count). The van der Waals surface area contributed by atoms with Crippen LogP contribution in [-0.2, 0) is 4.79 Å². The lowest BCUT2D eigenvalue weighted by Crippen LogP contribution is -2.04. The summed E-state index contributed by atoms with van der Waals surface area (Å²) in [5.74, 6) is -0.191. The number of carbonyl (C=O) groups is 2. The lowest BCUT2D eigenvalue weighted by molar-refractivity contribution is -0.128. The smallest absolute Gasteiger partial charge is 0.336 e. The summed E-state index contributed by atoms with van der Waals surface area (Å²) in [4.78, 5) is 24.1. The summed E-state index contributed by atoms with van der Waals surface area (Å²) < 4.78 is 5.25. The van der Waals surface area contributed by atoms with Gasteiger partial charge in [-0.2, -0.15) is 0 Å². The highest BCUT2D eigenvalue weighted by Crippen LogP contribution is 2.14. The van der Waals surface area contributed by atoms with Gasteiger partial charge in [0.2, 0.25) is 0 Å². The number of rotatable bonds is 6. The van der Waals surface area contributed by atoms with Crippen molar-refractivity contribution in [3.8, 4) is 5.75 Å². The first kappa shape index (κ1) is 18.1. The molecule has 132 valence electrons. The Labute approximate surface area is 158 Å². The Hall–Kier alpha value is -3.72. The standard InChI is InChI=1S/C24H18O3/c25-23(17-11-19-7-3-1-4-8-19)21-13-15-22(16-14-21)27-24(26)18-12-20-9-5-2-6-10-20/h1-18H/b17-11-,18-12+. The molecule has 0 aliphatic rings. The van der Waals surface area contributed by atoms with Gasteiger partial charge in [-0.3, -0.25) is 4.79 Å². The molecule has 0 heterocycles. The zero-order valence-corrected chi connectivity index (χ0v) is 14.6. The van der Waals surface area contributed by atoms with Gasteiger partial charge in [0, 0.05) is 11.6 Å². The second kappa shape index (κ2) is 9.11. The van der Waals surface area contributed by atoms with E-state index in [4.69, 9.17) is 4.74 Å². The molecule has 0 spiro atoms. The molecule has 3 heteroatoms. The van der Waals surface area contributed by atoms with Crippen molar-refractivity contribution < 1.29 is 14.3 Å². The summed E-state index contributed by atoms with van der Waals surface area (Å²) in [5.41, 5.74) is 2.41. The molecular weight excluding hydrogens is 336 g/mol. The average molecular weight is 354 g/mol. The summed E-state index contributed by atoms with van der Waals surface area (Å²) in [7, 11) is 0. The van der Waals surface area contributed by atoms with E-state index >= 15 is 0 Å². The molecule has 0 saturated heterocycles. The summed E-state index contributed by atoms with van der Waals surface area (Å²) in [6.07, 6.45) is 6.36. The van der Waals surface area contributed by atoms with E-state index in [2.05, 4.69) is 0 Å². The van der Waals surface area contributed by atoms with Crippen LogP contribution in [0.15, 0.2) is 97.1 Å². The highest BCUT2D eigenvalue weighted by Gasteiger charge is 2.04. The van der Waals surface area contributed by atoms with Crippen LogP contribution in [0.2, 0.25) is 0 Å². The molecule has 0 radical (unpaired) electrons. The van der Waals surface area contributed by atoms with Crippen LogP contribution in [0.1, 0.15) is 21.5 Å². The van der Waals surface area contributed by atoms with Gasteiger partial charge in [0.05, 0.1) is 0 Å². The van der Waals surface area contributed by atoms with E-state index in [9.17, 15) is 9.59 Å². The molecule has 0 bridgehead atoms. The fourth-order valence-electron chi connectivity index (χ4n) is 2.40. The minimum atomic E-state index is -0.470. The minimum Gasteiger partial charge on any atom is -0.423 e. The van der Waals surface area contributed by atoms with Crippen molar-refractivity contribution in [2.24, 2.45) is 0 Å². The van der Waals surface area contributed by atoms with Gasteiger partial charge >= 0.3 is 5.97 Å². The largest absolute Gasteiger partial charge is 0.423 e. The second-order valence-corrected chi connectivity index (χ2v) is 5.80. The Morgan fingerprint density at radius 2 is 1.15 bits per heavy atom. The normalized spacial score (nSPS) is 11.0. The van der Waals surface area contributed by atoms with Gasteiger partial charge in [-0.1, -0.05) is 66.7 Å². The Kier molecular flexibility index (Phi) is 6.10. The number of hydrogen-bond acceptors (Lipinski definition) is 3. The zero-order chi connectivity index (χ0) is 18.9. The fraction of sp³-hybridized carbons (Fsp3) is 0. The van der Waals surface area contributed by atoms with Gasteiger partial charge in [-0.15, -0.1) is 0 Å². The van der Waals surface area contributed by atoms with Crippen molar-refractivity contribution in [1.29, 1.82) is 0 Å². The summed E-state index contributed by atoms with van der Waals surface area (Å²) in [6.45, 7) is 0. The van der Waals surface area contributed by atoms with Crippen molar-refractivity contribution in [2.45, 2.75) is 0 Å². The average Bonchev–Trinajstić information content (AvgIpc) is 2.72. The predicted octanol–water partition coefficient (Wildman–Crippen LogP) is 5.20. The SMILES string of the molecule is O=C(/C=C/c1ccccc1)Oc1ccc(C(=O)/C=C\c2ccccc2)cc1. The first-order chi connectivity index (χ1) is 13.2. The van der Waals surface area contributed by atoms with Crippen molar-refractivity contribution >= 4 is 23.9 Å². The fourth-order valence-corrected chi connectivity index (χ4v) is 2.40. The number of ketones is 1. The molecule has 3 nitrogen and oxygen atoms in total. The second-order valence-electron chi connectivity index (χ2n) is 5.80. The Balaban J connectivity index is 1.58. The van der Waals surface area contributed by atoms with Crippen LogP contribution in [0.3, 0.4) is 0 Å². The Bertz CT molecular complexity index is 954. The van der Waals surface area contributed by atoms with Crippen molar-refractivity contribution in [3.63, 3.8) is 0 Å². The summed E-state index contributed by atoms with van der Waals surface area (Å²) in [5, 5.41) is 0. The van der Waals surface area contributed by atoms with E-state index in [1.54, 1.807) is 36.4 Å². The van der Waals surface area contributed by atoms with E-state index in [0.717, 1.165) is 11.1 Å². The maximum atomic E-state index is 12.2. The molecule has 0 amide bonds. The van der Waals surface area contributed by atoms with Crippen LogP contribution < -0.4 is 4.74 Å². The van der Waals surface area contributed by atoms with Crippen LogP contribution in [0, 0.1) is 0 Å². The van der Waals surface area contributed by atoms with Crippen molar-refractivity contribution in [1.82, 2.24) is 0 Å². The monoisotopic (exact) mass is 354 g/mol. The van der Waals surface area contributed by atoms with Gasteiger partial charge in [-0.25, -0.2) is 4.79 Å². The highest BCUT2D eigenvalue weighted by atomic mass is 16.5. The van der Waals surface area contributed by atoms with Crippen LogP contribution in [0.5, 0.6) is 5.75 Å². The first-order valence-corrected chi connectivity index (χ1v) is 8.53. The number of esters is 1. The van der Waals surface area contributed by atoms with E-state index in [1.165, 1.54) is 12.2 Å². The lowest BCUT2D eigenvalue weighted by Gasteiger charge is -2.02. The topological polar surface area (TPSA) is 43.4 Å². The van der Waals surface area contributed by atoms with Gasteiger partial charge < -0.3 is 4.74 Å². The van der Waals surface area contributed by atoms with Gasteiger partial charge in [0.15, 0.2) is 5.78 Å². The summed E-state index contributed by atoms with van der Waals surface area (Å²) >= 11 is 0. The quantitative estimate of drug-likeness (QED) is 0.264. The van der Waals surface area contributed by atoms with E-state index in [-0.39, 0.29) is 5.78 Å². The lowest BCUT2D eigenvalue weighted by atomic mass is 10.1. The minimum absolute atomic E-state index is 0.110. The van der Waals surface area contributed by atoms with E-state index in [1.807, 2.05) is 60.7 Å². The molecule has 0 unspecified atom stereocenters. The predicted molar refractivity (Wildman–Crippen MR) is 107 cm³/mol. The molecule has 0 saturated carbocycles. The van der Waals surface area contributed by atoms with E-state index < -0.39 is 5.97 Å². The molecule has 0 aromatic heterocycles. The number of ether oxygens (including phenoxy) is 1. The molecule has 27 heavy (non-hydrogen) atoms. The van der Waals surface area contributed by atoms with Gasteiger partial charge in [0.1, 0.15) is 5.75 Å². The molecule has 0 atom stereocenters. The third-order valence-electron chi connectivity index (χ3n) is 3.80. The van der Waals surface area contributed by atoms with Gasteiger partial charge in [0.25, 0.3) is 0 Å². The van der Waals surface area contributed by atoms with E-state index in [0.29, 0.717) is 11.3 Å². The maximum Gasteiger partial charge on any atom is 0.336 e. The first-order valence-electron chi connectivity index (χ1n) is 8.53. The third kappa shape index (κ3) is 5.65. The molecule has 0 aliphatic heterocycles. The van der Waals surface area contributed by atoms with Crippen LogP contribution in [0.25, 0.3) is 12.2 Å². The number of allylic oxidation sites excluding steroid dienone is 1. The highest BCUT2D eigenvalue weighted by molar-refractivity contribution is 6.06. The Morgan fingerprint density at radius 1 is 0.630 bits per heavy atom. The van der Waals surface area contributed by atoms with Gasteiger partial charge in [-0.05, 0) is 47.5 Å². The van der Waals surface area contributed by atoms with Crippen LogP contribution in [0.4, 0.5) is 0 Å². The molecule has 0 N–H and O–H groups in total. The van der Waals surface area contributed by atoms with Crippen LogP contribution in [-0.4, -0.2) is 11.8 Å². The number of carbonyl (C=O) groups excluding carboxylic acids is 2. The molecular formula is C24H18O3. The molecule has 0 aliphatic carbocycles. The molecule has 0 fully saturated rings. The van der Waals surface area contributed by atoms with Crippen molar-refractivity contribution in [3.05, 3.63) is 114 Å². The number of benzene rings is 3. The molecule has 3 aromatic carbocycles. The maximum absolute atomic E-state index is 12.2. The Morgan fingerprint density at radius 3 is 1.70 bits per heavy atom. The summed E-state index contributed by atoms with van der Waals surface area (Å²) in [6, 6.07) is 25.6. The zero-order valence-electron chi connectivity index (χ0n) is 14.6. The third-order valence-corrected chi connectivity index (χ3v) is 3.80.